The first-order valence-corrected chi connectivity index (χ1v) is 7.67. The van der Waals surface area contributed by atoms with E-state index in [1.54, 1.807) is 12.1 Å². The van der Waals surface area contributed by atoms with Crippen molar-refractivity contribution in [2.45, 2.75) is 50.0 Å². The fourth-order valence-corrected chi connectivity index (χ4v) is 3.35. The van der Waals surface area contributed by atoms with Crippen molar-refractivity contribution in [2.75, 3.05) is 20.6 Å². The molecular formula is C17H27NO2. The molecule has 1 saturated carbocycles. The SMILES string of the molecule is CN(C)CCC(c1ccc(O)cc1)C1(O)CCCCC1. The predicted molar refractivity (Wildman–Crippen MR) is 82.1 cm³/mol. The number of hydrogen-bond donors (Lipinski definition) is 2. The maximum absolute atomic E-state index is 11.1. The largest absolute Gasteiger partial charge is 0.508 e. The van der Waals surface area contributed by atoms with Crippen molar-refractivity contribution in [1.29, 1.82) is 0 Å². The van der Waals surface area contributed by atoms with E-state index in [-0.39, 0.29) is 11.7 Å². The number of aromatic hydroxyl groups is 1. The zero-order chi connectivity index (χ0) is 14.6. The van der Waals surface area contributed by atoms with Gasteiger partial charge in [0.2, 0.25) is 0 Å². The van der Waals surface area contributed by atoms with E-state index in [1.165, 1.54) is 6.42 Å². The normalized spacial score (nSPS) is 20.0. The first kappa shape index (κ1) is 15.3. The lowest BCUT2D eigenvalue weighted by Crippen LogP contribution is -2.39. The fourth-order valence-electron chi connectivity index (χ4n) is 3.35. The monoisotopic (exact) mass is 277 g/mol. The van der Waals surface area contributed by atoms with Crippen LogP contribution in [-0.4, -0.2) is 41.4 Å². The van der Waals surface area contributed by atoms with E-state index >= 15 is 0 Å². The predicted octanol–water partition coefficient (Wildman–Crippen LogP) is 3.12. The summed E-state index contributed by atoms with van der Waals surface area (Å²) in [4.78, 5) is 2.17. The van der Waals surface area contributed by atoms with Crippen LogP contribution >= 0.6 is 0 Å². The molecule has 1 unspecified atom stereocenters. The summed E-state index contributed by atoms with van der Waals surface area (Å²) >= 11 is 0. The van der Waals surface area contributed by atoms with Gasteiger partial charge in [0.25, 0.3) is 0 Å². The van der Waals surface area contributed by atoms with Crippen LogP contribution in [0.15, 0.2) is 24.3 Å². The molecule has 1 aliphatic carbocycles. The summed E-state index contributed by atoms with van der Waals surface area (Å²) in [5, 5.41) is 20.5. The Morgan fingerprint density at radius 1 is 1.10 bits per heavy atom. The van der Waals surface area contributed by atoms with Gasteiger partial charge in [0.1, 0.15) is 5.75 Å². The van der Waals surface area contributed by atoms with E-state index in [1.807, 2.05) is 12.1 Å². The third kappa shape index (κ3) is 3.74. The van der Waals surface area contributed by atoms with Crippen LogP contribution in [0.2, 0.25) is 0 Å². The fraction of sp³-hybridized carbons (Fsp3) is 0.647. The second kappa shape index (κ2) is 6.59. The Hall–Kier alpha value is -1.06. The second-order valence-corrected chi connectivity index (χ2v) is 6.40. The van der Waals surface area contributed by atoms with Crippen molar-refractivity contribution in [3.8, 4) is 5.75 Å². The number of hydrogen-bond acceptors (Lipinski definition) is 3. The van der Waals surface area contributed by atoms with Gasteiger partial charge in [0.15, 0.2) is 0 Å². The molecule has 0 bridgehead atoms. The molecule has 0 amide bonds. The highest BCUT2D eigenvalue weighted by molar-refractivity contribution is 5.30. The summed E-state index contributed by atoms with van der Waals surface area (Å²) in [5.41, 5.74) is 0.569. The minimum Gasteiger partial charge on any atom is -0.508 e. The summed E-state index contributed by atoms with van der Waals surface area (Å²) in [6, 6.07) is 7.37. The Kier molecular flexibility index (Phi) is 5.06. The summed E-state index contributed by atoms with van der Waals surface area (Å²) in [6.07, 6.45) is 6.21. The molecule has 3 nitrogen and oxygen atoms in total. The summed E-state index contributed by atoms with van der Waals surface area (Å²) in [6.45, 7) is 0.966. The van der Waals surface area contributed by atoms with Crippen LogP contribution in [0.25, 0.3) is 0 Å². The number of benzene rings is 1. The molecule has 0 heterocycles. The average Bonchev–Trinajstić information content (AvgIpc) is 2.41. The second-order valence-electron chi connectivity index (χ2n) is 6.40. The van der Waals surface area contributed by atoms with Crippen LogP contribution in [0.3, 0.4) is 0 Å². The minimum absolute atomic E-state index is 0.158. The molecule has 0 aromatic heterocycles. The van der Waals surface area contributed by atoms with Gasteiger partial charge in [-0.05, 0) is 57.6 Å². The number of phenolic OH excluding ortho intramolecular Hbond substituents is 1. The number of aliphatic hydroxyl groups is 1. The molecule has 112 valence electrons. The molecule has 1 atom stereocenters. The Morgan fingerprint density at radius 3 is 2.25 bits per heavy atom. The smallest absolute Gasteiger partial charge is 0.115 e. The average molecular weight is 277 g/mol. The Balaban J connectivity index is 2.21. The van der Waals surface area contributed by atoms with Crippen LogP contribution in [-0.2, 0) is 0 Å². The first-order chi connectivity index (χ1) is 9.51. The van der Waals surface area contributed by atoms with Gasteiger partial charge in [-0.2, -0.15) is 0 Å². The van der Waals surface area contributed by atoms with Crippen LogP contribution in [0.5, 0.6) is 5.75 Å². The van der Waals surface area contributed by atoms with Crippen molar-refractivity contribution < 1.29 is 10.2 Å². The standard InChI is InChI=1S/C17H27NO2/c1-18(2)13-10-16(14-6-8-15(19)9-7-14)17(20)11-4-3-5-12-17/h6-9,16,19-20H,3-5,10-13H2,1-2H3. The van der Waals surface area contributed by atoms with Gasteiger partial charge in [0.05, 0.1) is 5.60 Å². The molecule has 0 radical (unpaired) electrons. The molecule has 2 rings (SSSR count). The van der Waals surface area contributed by atoms with Crippen molar-refractivity contribution in [3.05, 3.63) is 29.8 Å². The number of nitrogens with zero attached hydrogens (tertiary/aromatic N) is 1. The lowest BCUT2D eigenvalue weighted by atomic mass is 9.71. The van der Waals surface area contributed by atoms with Gasteiger partial charge in [-0.25, -0.2) is 0 Å². The van der Waals surface area contributed by atoms with Crippen LogP contribution in [0.4, 0.5) is 0 Å². The highest BCUT2D eigenvalue weighted by Gasteiger charge is 2.38. The maximum Gasteiger partial charge on any atom is 0.115 e. The quantitative estimate of drug-likeness (QED) is 0.869. The molecule has 0 aliphatic heterocycles. The van der Waals surface area contributed by atoms with Crippen LogP contribution < -0.4 is 0 Å². The lowest BCUT2D eigenvalue weighted by molar-refractivity contribution is -0.0255. The molecule has 1 aromatic carbocycles. The molecule has 0 saturated heterocycles. The van der Waals surface area contributed by atoms with Crippen molar-refractivity contribution in [3.63, 3.8) is 0 Å². The number of phenols is 1. The van der Waals surface area contributed by atoms with Crippen LogP contribution in [0, 0.1) is 0 Å². The van der Waals surface area contributed by atoms with Gasteiger partial charge < -0.3 is 15.1 Å². The molecule has 1 fully saturated rings. The van der Waals surface area contributed by atoms with Crippen molar-refractivity contribution in [1.82, 2.24) is 4.90 Å². The Morgan fingerprint density at radius 2 is 1.70 bits per heavy atom. The molecule has 20 heavy (non-hydrogen) atoms. The minimum atomic E-state index is -0.578. The maximum atomic E-state index is 11.1. The van der Waals surface area contributed by atoms with E-state index in [2.05, 4.69) is 19.0 Å². The highest BCUT2D eigenvalue weighted by atomic mass is 16.3. The summed E-state index contributed by atoms with van der Waals surface area (Å²) in [5.74, 6) is 0.446. The Labute approximate surface area is 122 Å². The molecule has 1 aromatic rings. The molecule has 2 N–H and O–H groups in total. The van der Waals surface area contributed by atoms with Gasteiger partial charge in [-0.1, -0.05) is 31.4 Å². The van der Waals surface area contributed by atoms with Crippen LogP contribution in [0.1, 0.15) is 50.0 Å². The molecule has 0 spiro atoms. The zero-order valence-electron chi connectivity index (χ0n) is 12.7. The topological polar surface area (TPSA) is 43.7 Å². The Bertz CT molecular complexity index is 408. The number of rotatable bonds is 5. The van der Waals surface area contributed by atoms with E-state index in [4.69, 9.17) is 0 Å². The van der Waals surface area contributed by atoms with E-state index < -0.39 is 5.60 Å². The van der Waals surface area contributed by atoms with E-state index in [9.17, 15) is 10.2 Å². The van der Waals surface area contributed by atoms with E-state index in [0.29, 0.717) is 0 Å². The lowest BCUT2D eigenvalue weighted by Gasteiger charge is -2.40. The first-order valence-electron chi connectivity index (χ1n) is 7.67. The van der Waals surface area contributed by atoms with E-state index in [0.717, 1.165) is 44.2 Å². The van der Waals surface area contributed by atoms with Gasteiger partial charge >= 0.3 is 0 Å². The summed E-state index contributed by atoms with van der Waals surface area (Å²) < 4.78 is 0. The van der Waals surface area contributed by atoms with Crippen molar-refractivity contribution >= 4 is 0 Å². The molecular weight excluding hydrogens is 250 g/mol. The molecule has 1 aliphatic rings. The zero-order valence-corrected chi connectivity index (χ0v) is 12.7. The third-order valence-electron chi connectivity index (χ3n) is 4.53. The van der Waals surface area contributed by atoms with Crippen molar-refractivity contribution in [2.24, 2.45) is 0 Å². The van der Waals surface area contributed by atoms with Gasteiger partial charge in [-0.15, -0.1) is 0 Å². The van der Waals surface area contributed by atoms with Gasteiger partial charge in [-0.3, -0.25) is 0 Å². The summed E-state index contributed by atoms with van der Waals surface area (Å²) in [7, 11) is 4.14. The molecule has 3 heteroatoms. The highest BCUT2D eigenvalue weighted by Crippen LogP contribution is 2.42. The van der Waals surface area contributed by atoms with Gasteiger partial charge in [0, 0.05) is 5.92 Å². The third-order valence-corrected chi connectivity index (χ3v) is 4.53.